The van der Waals surface area contributed by atoms with Gasteiger partial charge in [0.25, 0.3) is 0 Å². The summed E-state index contributed by atoms with van der Waals surface area (Å²) in [6.07, 6.45) is 10.9. The summed E-state index contributed by atoms with van der Waals surface area (Å²) in [5, 5.41) is 3.26. The molecule has 3 N–H and O–H groups in total. The molecule has 6 heteroatoms. The summed E-state index contributed by atoms with van der Waals surface area (Å²) in [4.78, 5) is 15.4. The van der Waals surface area contributed by atoms with Crippen molar-refractivity contribution < 1.29 is 13.9 Å². The van der Waals surface area contributed by atoms with Crippen LogP contribution in [-0.2, 0) is 16.8 Å². The molecule has 0 spiro atoms. The molecule has 2 bridgehead atoms. The summed E-state index contributed by atoms with van der Waals surface area (Å²) >= 11 is 0. The van der Waals surface area contributed by atoms with Crippen molar-refractivity contribution in [3.05, 3.63) is 59.6 Å². The molecular formula is C24H29N3O3. The van der Waals surface area contributed by atoms with Gasteiger partial charge in [0, 0.05) is 30.8 Å². The Hall–Kier alpha value is -2.57. The second kappa shape index (κ2) is 7.60. The van der Waals surface area contributed by atoms with Gasteiger partial charge in [-0.2, -0.15) is 0 Å². The summed E-state index contributed by atoms with van der Waals surface area (Å²) in [6.45, 7) is 2.06. The van der Waals surface area contributed by atoms with Gasteiger partial charge in [-0.25, -0.2) is 0 Å². The molecule has 30 heavy (non-hydrogen) atoms. The number of carbonyl (C=O) groups excluding carboxylic acids is 1. The third-order valence-corrected chi connectivity index (χ3v) is 6.93. The summed E-state index contributed by atoms with van der Waals surface area (Å²) < 4.78 is 10.5. The first-order valence-electron chi connectivity index (χ1n) is 10.8. The minimum atomic E-state index is -0.605. The topological polar surface area (TPSA) is 80.7 Å². The van der Waals surface area contributed by atoms with Gasteiger partial charge in [0.05, 0.1) is 31.2 Å². The quantitative estimate of drug-likeness (QED) is 0.720. The molecule has 1 amide bonds. The molecule has 2 heterocycles. The Morgan fingerprint density at radius 1 is 1.40 bits per heavy atom. The number of fused-ring (bicyclic) bond motifs is 4. The lowest BCUT2D eigenvalue weighted by molar-refractivity contribution is -0.119. The number of furan rings is 1. The summed E-state index contributed by atoms with van der Waals surface area (Å²) in [7, 11) is 1.68. The zero-order chi connectivity index (χ0) is 20.7. The lowest BCUT2D eigenvalue weighted by atomic mass is 9.66. The predicted octanol–water partition coefficient (Wildman–Crippen LogP) is 2.68. The van der Waals surface area contributed by atoms with E-state index in [4.69, 9.17) is 14.9 Å². The highest BCUT2D eigenvalue weighted by atomic mass is 16.5. The Morgan fingerprint density at radius 2 is 2.27 bits per heavy atom. The first kappa shape index (κ1) is 19.4. The predicted molar refractivity (Wildman–Crippen MR) is 115 cm³/mol. The molecule has 1 saturated heterocycles. The number of likely N-dealkylation sites (tertiary alicyclic amines) is 1. The number of nitrogens with one attached hydrogen (secondary N) is 1. The smallest absolute Gasteiger partial charge is 0.244 e. The van der Waals surface area contributed by atoms with Crippen LogP contribution in [-0.4, -0.2) is 43.1 Å². The highest BCUT2D eigenvalue weighted by molar-refractivity contribution is 5.92. The van der Waals surface area contributed by atoms with Crippen molar-refractivity contribution in [2.45, 2.75) is 43.3 Å². The molecule has 2 aromatic rings. The van der Waals surface area contributed by atoms with Crippen LogP contribution in [0.1, 0.15) is 36.0 Å². The summed E-state index contributed by atoms with van der Waals surface area (Å²) in [5.74, 6) is 1.48. The molecule has 1 saturated carbocycles. The van der Waals surface area contributed by atoms with Gasteiger partial charge < -0.3 is 20.2 Å². The van der Waals surface area contributed by atoms with Crippen LogP contribution >= 0.6 is 0 Å². The van der Waals surface area contributed by atoms with Crippen LogP contribution in [0, 0.1) is 5.92 Å². The zero-order valence-corrected chi connectivity index (χ0v) is 17.3. The van der Waals surface area contributed by atoms with E-state index in [1.807, 2.05) is 12.1 Å². The molecule has 1 unspecified atom stereocenters. The monoisotopic (exact) mass is 407 g/mol. The van der Waals surface area contributed by atoms with Gasteiger partial charge >= 0.3 is 0 Å². The number of nitrogens with two attached hydrogens (primary N) is 1. The number of amides is 1. The van der Waals surface area contributed by atoms with Crippen LogP contribution in [0.5, 0.6) is 5.75 Å². The van der Waals surface area contributed by atoms with Crippen molar-refractivity contribution >= 4 is 12.0 Å². The van der Waals surface area contributed by atoms with E-state index in [-0.39, 0.29) is 18.0 Å². The summed E-state index contributed by atoms with van der Waals surface area (Å²) in [6, 6.07) is 8.09. The van der Waals surface area contributed by atoms with E-state index < -0.39 is 5.54 Å². The molecule has 3 atom stereocenters. The Balaban J connectivity index is 1.45. The van der Waals surface area contributed by atoms with Crippen molar-refractivity contribution in [1.82, 2.24) is 10.2 Å². The van der Waals surface area contributed by atoms with Gasteiger partial charge in [-0.05, 0) is 67.0 Å². The Labute approximate surface area is 177 Å². The van der Waals surface area contributed by atoms with Crippen molar-refractivity contribution in [2.75, 3.05) is 20.2 Å². The minimum absolute atomic E-state index is 0.124. The van der Waals surface area contributed by atoms with E-state index in [9.17, 15) is 4.79 Å². The molecule has 2 aliphatic carbocycles. The number of rotatable bonds is 6. The minimum Gasteiger partial charge on any atom is -0.497 e. The first-order chi connectivity index (χ1) is 14.6. The van der Waals surface area contributed by atoms with Crippen molar-refractivity contribution in [3.63, 3.8) is 0 Å². The van der Waals surface area contributed by atoms with E-state index in [1.165, 1.54) is 18.4 Å². The average molecular weight is 408 g/mol. The zero-order valence-electron chi connectivity index (χ0n) is 17.3. The molecule has 1 aromatic heterocycles. The molecule has 1 aromatic carbocycles. The number of piperidine rings is 1. The SMILES string of the molecule is COc1ccc2c(c1)[C@@]1(N)CCN(CC3CC3)C(C2)[C@H]1NC(=O)/C=C\c1ccoc1. The molecule has 5 rings (SSSR count). The van der Waals surface area contributed by atoms with Gasteiger partial charge in [-0.3, -0.25) is 9.69 Å². The number of hydrogen-bond acceptors (Lipinski definition) is 5. The Kier molecular flexibility index (Phi) is 4.91. The normalized spacial score (nSPS) is 28.3. The number of methoxy groups -OCH3 is 1. The molecule has 0 radical (unpaired) electrons. The maximum absolute atomic E-state index is 12.8. The van der Waals surface area contributed by atoms with Gasteiger partial charge in [0.1, 0.15) is 5.75 Å². The molecule has 1 aliphatic heterocycles. The van der Waals surface area contributed by atoms with E-state index >= 15 is 0 Å². The Bertz CT molecular complexity index is 951. The van der Waals surface area contributed by atoms with Crippen LogP contribution in [0.3, 0.4) is 0 Å². The average Bonchev–Trinajstić information content (AvgIpc) is 3.41. The highest BCUT2D eigenvalue weighted by Gasteiger charge is 2.52. The second-order valence-corrected chi connectivity index (χ2v) is 8.90. The second-order valence-electron chi connectivity index (χ2n) is 8.90. The van der Waals surface area contributed by atoms with Gasteiger partial charge in [0.15, 0.2) is 0 Å². The van der Waals surface area contributed by atoms with Crippen LogP contribution in [0.15, 0.2) is 47.3 Å². The third kappa shape index (κ3) is 3.55. The van der Waals surface area contributed by atoms with Crippen LogP contribution < -0.4 is 15.8 Å². The van der Waals surface area contributed by atoms with Crippen molar-refractivity contribution in [3.8, 4) is 5.75 Å². The van der Waals surface area contributed by atoms with Crippen molar-refractivity contribution in [1.29, 1.82) is 0 Å². The van der Waals surface area contributed by atoms with Crippen LogP contribution in [0.4, 0.5) is 0 Å². The Morgan fingerprint density at radius 3 is 3.00 bits per heavy atom. The number of ether oxygens (including phenoxy) is 1. The first-order valence-corrected chi connectivity index (χ1v) is 10.8. The molecule has 3 aliphatic rings. The number of nitrogens with zero attached hydrogens (tertiary/aromatic N) is 1. The van der Waals surface area contributed by atoms with Gasteiger partial charge in [-0.15, -0.1) is 0 Å². The third-order valence-electron chi connectivity index (χ3n) is 6.93. The standard InChI is InChI=1S/C24H29N3O3/c1-29-19-6-5-18-12-21-23(26-22(28)7-4-17-8-11-30-15-17)24(25,20(18)13-19)9-10-27(21)14-16-2-3-16/h4-8,11,13,15-16,21,23H,2-3,9-10,12,14,25H2,1H3,(H,26,28)/b7-4-/t21?,23-,24+/m1/s1. The van der Waals surface area contributed by atoms with Crippen LogP contribution in [0.25, 0.3) is 6.08 Å². The lowest BCUT2D eigenvalue weighted by Gasteiger charge is -2.55. The fourth-order valence-electron chi connectivity index (χ4n) is 5.10. The van der Waals surface area contributed by atoms with E-state index in [2.05, 4.69) is 22.3 Å². The van der Waals surface area contributed by atoms with E-state index in [0.717, 1.165) is 48.7 Å². The van der Waals surface area contributed by atoms with Crippen molar-refractivity contribution in [2.24, 2.45) is 11.7 Å². The number of carbonyl (C=O) groups is 1. The summed E-state index contributed by atoms with van der Waals surface area (Å²) in [5.41, 5.74) is 9.72. The lowest BCUT2D eigenvalue weighted by Crippen LogP contribution is -2.71. The van der Waals surface area contributed by atoms with Crippen LogP contribution in [0.2, 0.25) is 0 Å². The molecule has 158 valence electrons. The fraction of sp³-hybridized carbons (Fsp3) is 0.458. The largest absolute Gasteiger partial charge is 0.497 e. The number of benzene rings is 1. The maximum Gasteiger partial charge on any atom is 0.244 e. The molecule has 6 nitrogen and oxygen atoms in total. The van der Waals surface area contributed by atoms with E-state index in [1.54, 1.807) is 31.8 Å². The van der Waals surface area contributed by atoms with E-state index in [0.29, 0.717) is 0 Å². The maximum atomic E-state index is 12.8. The van der Waals surface area contributed by atoms with Gasteiger partial charge in [0.2, 0.25) is 5.91 Å². The number of hydrogen-bond donors (Lipinski definition) is 2. The fourth-order valence-corrected chi connectivity index (χ4v) is 5.10. The molecular weight excluding hydrogens is 378 g/mol. The molecule has 2 fully saturated rings. The highest BCUT2D eigenvalue weighted by Crippen LogP contribution is 2.44. The van der Waals surface area contributed by atoms with Gasteiger partial charge in [-0.1, -0.05) is 6.07 Å².